The van der Waals surface area contributed by atoms with Gasteiger partial charge in [0.05, 0.1) is 13.7 Å². The second kappa shape index (κ2) is 10.4. The van der Waals surface area contributed by atoms with Crippen molar-refractivity contribution in [3.05, 3.63) is 99.1 Å². The number of piperazine rings is 1. The molecule has 0 aliphatic carbocycles. The zero-order valence-corrected chi connectivity index (χ0v) is 20.9. The Balaban J connectivity index is 1.41. The Morgan fingerprint density at radius 3 is 2.41 bits per heavy atom. The Bertz CT molecular complexity index is 1550. The minimum atomic E-state index is -0.528. The number of hydrogen-bond acceptors (Lipinski definition) is 6. The fraction of sp³-hybridized carbons (Fsp3) is 0.222. The number of carbonyl (C=O) groups is 2. The van der Waals surface area contributed by atoms with Gasteiger partial charge in [0.1, 0.15) is 11.3 Å². The highest BCUT2D eigenvalue weighted by molar-refractivity contribution is 6.30. The molecule has 2 aromatic carbocycles. The van der Waals surface area contributed by atoms with Crippen LogP contribution in [-0.2, 0) is 6.54 Å². The van der Waals surface area contributed by atoms with Crippen LogP contribution in [0.2, 0.25) is 5.02 Å². The van der Waals surface area contributed by atoms with Crippen LogP contribution in [0, 0.1) is 0 Å². The van der Waals surface area contributed by atoms with Gasteiger partial charge < -0.3 is 14.5 Å². The fourth-order valence-corrected chi connectivity index (χ4v) is 4.62. The molecule has 2 aromatic heterocycles. The quantitative estimate of drug-likeness (QED) is 0.403. The number of ether oxygens (including phenoxy) is 1. The predicted molar refractivity (Wildman–Crippen MR) is 139 cm³/mol. The molecule has 9 nitrogen and oxygen atoms in total. The van der Waals surface area contributed by atoms with Crippen molar-refractivity contribution in [1.82, 2.24) is 24.3 Å². The van der Waals surface area contributed by atoms with Crippen molar-refractivity contribution >= 4 is 34.6 Å². The van der Waals surface area contributed by atoms with Gasteiger partial charge in [-0.15, -0.1) is 0 Å². The molecule has 1 aliphatic rings. The van der Waals surface area contributed by atoms with E-state index in [0.29, 0.717) is 40.6 Å². The van der Waals surface area contributed by atoms with Crippen LogP contribution in [0.25, 0.3) is 11.2 Å². The largest absolute Gasteiger partial charge is 0.496 e. The summed E-state index contributed by atoms with van der Waals surface area (Å²) in [6.07, 6.45) is 1.58. The average molecular weight is 518 g/mol. The van der Waals surface area contributed by atoms with Crippen molar-refractivity contribution in [2.75, 3.05) is 33.3 Å². The van der Waals surface area contributed by atoms with Crippen LogP contribution in [0.15, 0.2) is 71.7 Å². The Kier molecular flexibility index (Phi) is 6.87. The van der Waals surface area contributed by atoms with E-state index in [-0.39, 0.29) is 31.2 Å². The van der Waals surface area contributed by atoms with Gasteiger partial charge >= 0.3 is 0 Å². The lowest BCUT2D eigenvalue weighted by Gasteiger charge is -2.34. The summed E-state index contributed by atoms with van der Waals surface area (Å²) in [6, 6.07) is 17.6. The zero-order valence-electron chi connectivity index (χ0n) is 20.1. The van der Waals surface area contributed by atoms with Crippen LogP contribution in [-0.4, -0.2) is 69.4 Å². The number of para-hydroxylation sites is 1. The van der Waals surface area contributed by atoms with E-state index < -0.39 is 11.5 Å². The van der Waals surface area contributed by atoms with Crippen molar-refractivity contribution in [3.8, 4) is 5.75 Å². The van der Waals surface area contributed by atoms with Crippen molar-refractivity contribution < 1.29 is 14.3 Å². The first-order valence-electron chi connectivity index (χ1n) is 11.8. The number of benzene rings is 2. The summed E-state index contributed by atoms with van der Waals surface area (Å²) in [5.41, 5.74) is 1.39. The molecule has 2 amide bonds. The minimum Gasteiger partial charge on any atom is -0.496 e. The number of aromatic nitrogens is 3. The van der Waals surface area contributed by atoms with E-state index in [1.54, 1.807) is 59.5 Å². The van der Waals surface area contributed by atoms with E-state index in [0.717, 1.165) is 5.56 Å². The second-order valence-electron chi connectivity index (χ2n) is 8.60. The SMILES string of the molecule is COc1ccccc1Cn1c(=O)c(C(=O)N2CCN(C(=O)c3cccc(Cl)c3)CC2)nc2cccnc21. The molecule has 188 valence electrons. The molecule has 0 N–H and O–H groups in total. The van der Waals surface area contributed by atoms with Crippen molar-refractivity contribution in [2.45, 2.75) is 6.54 Å². The van der Waals surface area contributed by atoms with Gasteiger partial charge in [-0.05, 0) is 36.4 Å². The van der Waals surface area contributed by atoms with Crippen molar-refractivity contribution in [3.63, 3.8) is 0 Å². The molecule has 0 spiro atoms. The van der Waals surface area contributed by atoms with Gasteiger partial charge in [-0.2, -0.15) is 0 Å². The molecule has 5 rings (SSSR count). The van der Waals surface area contributed by atoms with Gasteiger partial charge in [-0.1, -0.05) is 35.9 Å². The molecule has 0 atom stereocenters. The maximum absolute atomic E-state index is 13.6. The summed E-state index contributed by atoms with van der Waals surface area (Å²) in [4.78, 5) is 51.8. The molecule has 4 aromatic rings. The first-order chi connectivity index (χ1) is 18.0. The lowest BCUT2D eigenvalue weighted by molar-refractivity contribution is 0.0531. The molecule has 1 fully saturated rings. The fourth-order valence-electron chi connectivity index (χ4n) is 4.43. The van der Waals surface area contributed by atoms with E-state index >= 15 is 0 Å². The van der Waals surface area contributed by atoms with E-state index in [1.165, 1.54) is 4.57 Å². The summed E-state index contributed by atoms with van der Waals surface area (Å²) in [6.45, 7) is 1.40. The summed E-state index contributed by atoms with van der Waals surface area (Å²) in [5.74, 6) is 0.00622. The van der Waals surface area contributed by atoms with Crippen LogP contribution in [0.4, 0.5) is 0 Å². The molecule has 0 radical (unpaired) electrons. The Morgan fingerprint density at radius 2 is 1.68 bits per heavy atom. The molecular weight excluding hydrogens is 494 g/mol. The molecule has 0 bridgehead atoms. The summed E-state index contributed by atoms with van der Waals surface area (Å²) >= 11 is 6.02. The summed E-state index contributed by atoms with van der Waals surface area (Å²) in [5, 5.41) is 0.487. The van der Waals surface area contributed by atoms with E-state index in [4.69, 9.17) is 16.3 Å². The molecule has 37 heavy (non-hydrogen) atoms. The summed E-state index contributed by atoms with van der Waals surface area (Å²) in [7, 11) is 1.57. The number of amides is 2. The van der Waals surface area contributed by atoms with Crippen LogP contribution >= 0.6 is 11.6 Å². The van der Waals surface area contributed by atoms with E-state index in [2.05, 4.69) is 9.97 Å². The monoisotopic (exact) mass is 517 g/mol. The highest BCUT2D eigenvalue weighted by Crippen LogP contribution is 2.20. The molecule has 0 saturated carbocycles. The third-order valence-corrected chi connectivity index (χ3v) is 6.59. The predicted octanol–water partition coefficient (Wildman–Crippen LogP) is 3.10. The van der Waals surface area contributed by atoms with Gasteiger partial charge in [0.25, 0.3) is 17.4 Å². The number of halogens is 1. The van der Waals surface area contributed by atoms with Gasteiger partial charge in [0.15, 0.2) is 11.3 Å². The van der Waals surface area contributed by atoms with Gasteiger partial charge in [0, 0.05) is 48.5 Å². The van der Waals surface area contributed by atoms with Crippen LogP contribution in [0.3, 0.4) is 0 Å². The average Bonchev–Trinajstić information content (AvgIpc) is 2.94. The lowest BCUT2D eigenvalue weighted by atomic mass is 10.1. The molecule has 0 unspecified atom stereocenters. The van der Waals surface area contributed by atoms with Gasteiger partial charge in [-0.25, -0.2) is 9.97 Å². The standard InChI is InChI=1S/C27H24ClN5O4/c1-37-22-10-3-2-6-19(22)17-33-24-21(9-5-11-29-24)30-23(27(33)36)26(35)32-14-12-31(13-15-32)25(34)18-7-4-8-20(28)16-18/h2-11,16H,12-15,17H2,1H3. The van der Waals surface area contributed by atoms with Crippen molar-refractivity contribution in [1.29, 1.82) is 0 Å². The second-order valence-corrected chi connectivity index (χ2v) is 9.04. The lowest BCUT2D eigenvalue weighted by Crippen LogP contribution is -2.51. The Morgan fingerprint density at radius 1 is 0.946 bits per heavy atom. The maximum Gasteiger partial charge on any atom is 0.284 e. The van der Waals surface area contributed by atoms with Gasteiger partial charge in [0.2, 0.25) is 0 Å². The number of rotatable bonds is 5. The number of pyridine rings is 1. The molecular formula is C27H24ClN5O4. The van der Waals surface area contributed by atoms with Crippen molar-refractivity contribution in [2.24, 2.45) is 0 Å². The third-order valence-electron chi connectivity index (χ3n) is 6.35. The number of methoxy groups -OCH3 is 1. The number of hydrogen-bond donors (Lipinski definition) is 0. The molecule has 1 saturated heterocycles. The zero-order chi connectivity index (χ0) is 25.9. The maximum atomic E-state index is 13.6. The summed E-state index contributed by atoms with van der Waals surface area (Å²) < 4.78 is 6.89. The number of carbonyl (C=O) groups excluding carboxylic acids is 2. The van der Waals surface area contributed by atoms with E-state index in [9.17, 15) is 14.4 Å². The minimum absolute atomic E-state index is 0.149. The van der Waals surface area contributed by atoms with Crippen LogP contribution in [0.1, 0.15) is 26.4 Å². The first kappa shape index (κ1) is 24.5. The molecule has 1 aliphatic heterocycles. The normalized spacial score (nSPS) is 13.6. The topological polar surface area (TPSA) is 97.6 Å². The van der Waals surface area contributed by atoms with E-state index in [1.807, 2.05) is 24.3 Å². The molecule has 10 heteroatoms. The number of fused-ring (bicyclic) bond motifs is 1. The third kappa shape index (κ3) is 4.90. The van der Waals surface area contributed by atoms with Crippen LogP contribution in [0.5, 0.6) is 5.75 Å². The Hall–Kier alpha value is -4.24. The smallest absolute Gasteiger partial charge is 0.284 e. The highest BCUT2D eigenvalue weighted by Gasteiger charge is 2.29. The number of nitrogens with zero attached hydrogens (tertiary/aromatic N) is 5. The first-order valence-corrected chi connectivity index (χ1v) is 12.2. The Labute approximate surface area is 217 Å². The van der Waals surface area contributed by atoms with Crippen LogP contribution < -0.4 is 10.3 Å². The molecule has 3 heterocycles. The van der Waals surface area contributed by atoms with Gasteiger partial charge in [-0.3, -0.25) is 19.0 Å². The highest BCUT2D eigenvalue weighted by atomic mass is 35.5.